The predicted molar refractivity (Wildman–Crippen MR) is 97.2 cm³/mol. The third-order valence-electron chi connectivity index (χ3n) is 4.41. The van der Waals surface area contributed by atoms with Crippen LogP contribution in [0.5, 0.6) is 0 Å². The van der Waals surface area contributed by atoms with E-state index in [0.29, 0.717) is 12.5 Å². The molecule has 25 heavy (non-hydrogen) atoms. The number of aromatic nitrogens is 4. The van der Waals surface area contributed by atoms with E-state index in [0.717, 1.165) is 29.3 Å². The first kappa shape index (κ1) is 17.2. The first-order valence-electron chi connectivity index (χ1n) is 8.67. The maximum Gasteiger partial charge on any atom is 0.240 e. The van der Waals surface area contributed by atoms with E-state index in [2.05, 4.69) is 29.4 Å². The Morgan fingerprint density at radius 2 is 1.84 bits per heavy atom. The number of amides is 1. The van der Waals surface area contributed by atoms with Crippen molar-refractivity contribution in [1.82, 2.24) is 24.5 Å². The van der Waals surface area contributed by atoms with Gasteiger partial charge in [-0.1, -0.05) is 19.9 Å². The van der Waals surface area contributed by atoms with Gasteiger partial charge in [-0.05, 0) is 50.5 Å². The molecule has 1 atom stereocenters. The second-order valence-corrected chi connectivity index (χ2v) is 6.94. The SMILES string of the molecule is Cc1ccc(C)n1CC(=O)N[C@H](CC(C)C)c1nnc2ccccn12. The minimum atomic E-state index is -0.166. The van der Waals surface area contributed by atoms with Gasteiger partial charge >= 0.3 is 0 Å². The molecule has 0 bridgehead atoms. The van der Waals surface area contributed by atoms with Crippen molar-refractivity contribution in [2.45, 2.75) is 46.7 Å². The van der Waals surface area contributed by atoms with E-state index < -0.39 is 0 Å². The van der Waals surface area contributed by atoms with Crippen LogP contribution in [-0.4, -0.2) is 25.1 Å². The molecule has 0 aliphatic heterocycles. The lowest BCUT2D eigenvalue weighted by atomic mass is 10.0. The first-order valence-corrected chi connectivity index (χ1v) is 8.67. The first-order chi connectivity index (χ1) is 12.0. The molecule has 6 heteroatoms. The van der Waals surface area contributed by atoms with Crippen LogP contribution in [-0.2, 0) is 11.3 Å². The normalized spacial score (nSPS) is 12.7. The lowest BCUT2D eigenvalue weighted by molar-refractivity contribution is -0.122. The lowest BCUT2D eigenvalue weighted by Gasteiger charge is -2.20. The van der Waals surface area contributed by atoms with Gasteiger partial charge in [-0.25, -0.2) is 0 Å². The number of nitrogens with zero attached hydrogens (tertiary/aromatic N) is 4. The Morgan fingerprint density at radius 3 is 2.52 bits per heavy atom. The molecule has 0 radical (unpaired) electrons. The Hall–Kier alpha value is -2.63. The summed E-state index contributed by atoms with van der Waals surface area (Å²) in [7, 11) is 0. The number of aryl methyl sites for hydroxylation is 2. The summed E-state index contributed by atoms with van der Waals surface area (Å²) in [6, 6.07) is 9.68. The number of nitrogens with one attached hydrogen (secondary N) is 1. The summed E-state index contributed by atoms with van der Waals surface area (Å²) in [5.41, 5.74) is 2.96. The number of pyridine rings is 1. The van der Waals surface area contributed by atoms with Crippen molar-refractivity contribution in [3.63, 3.8) is 0 Å². The smallest absolute Gasteiger partial charge is 0.240 e. The molecule has 0 fully saturated rings. The van der Waals surface area contributed by atoms with Crippen molar-refractivity contribution in [3.8, 4) is 0 Å². The van der Waals surface area contributed by atoms with Gasteiger partial charge in [0.1, 0.15) is 6.54 Å². The quantitative estimate of drug-likeness (QED) is 0.751. The third kappa shape index (κ3) is 3.73. The number of hydrogen-bond donors (Lipinski definition) is 1. The molecule has 0 saturated heterocycles. The number of fused-ring (bicyclic) bond motifs is 1. The zero-order valence-corrected chi connectivity index (χ0v) is 15.2. The van der Waals surface area contributed by atoms with Crippen molar-refractivity contribution < 1.29 is 4.79 Å². The number of rotatable bonds is 6. The van der Waals surface area contributed by atoms with Crippen LogP contribution < -0.4 is 5.32 Å². The molecule has 1 amide bonds. The number of carbonyl (C=O) groups is 1. The van der Waals surface area contributed by atoms with E-state index in [1.54, 1.807) is 0 Å². The van der Waals surface area contributed by atoms with Crippen molar-refractivity contribution in [2.24, 2.45) is 5.92 Å². The minimum Gasteiger partial charge on any atom is -0.344 e. The summed E-state index contributed by atoms with van der Waals surface area (Å²) in [5, 5.41) is 11.7. The van der Waals surface area contributed by atoms with E-state index in [9.17, 15) is 4.79 Å². The summed E-state index contributed by atoms with van der Waals surface area (Å²) in [6.07, 6.45) is 2.75. The zero-order valence-electron chi connectivity index (χ0n) is 15.2. The van der Waals surface area contributed by atoms with Gasteiger partial charge < -0.3 is 9.88 Å². The summed E-state index contributed by atoms with van der Waals surface area (Å²) >= 11 is 0. The fraction of sp³-hybridized carbons (Fsp3) is 0.421. The van der Waals surface area contributed by atoms with Crippen LogP contribution in [0.15, 0.2) is 36.5 Å². The van der Waals surface area contributed by atoms with Crippen LogP contribution in [0.25, 0.3) is 5.65 Å². The van der Waals surface area contributed by atoms with E-state index in [-0.39, 0.29) is 11.9 Å². The Morgan fingerprint density at radius 1 is 1.12 bits per heavy atom. The molecule has 3 heterocycles. The topological polar surface area (TPSA) is 64.2 Å². The van der Waals surface area contributed by atoms with Crippen LogP contribution >= 0.6 is 0 Å². The van der Waals surface area contributed by atoms with Crippen LogP contribution in [0, 0.1) is 19.8 Å². The predicted octanol–water partition coefficient (Wildman–Crippen LogP) is 3.05. The van der Waals surface area contributed by atoms with Gasteiger partial charge in [0.25, 0.3) is 0 Å². The van der Waals surface area contributed by atoms with Crippen molar-refractivity contribution in [2.75, 3.05) is 0 Å². The molecule has 3 aromatic heterocycles. The monoisotopic (exact) mass is 339 g/mol. The van der Waals surface area contributed by atoms with E-state index in [1.165, 1.54) is 0 Å². The summed E-state index contributed by atoms with van der Waals surface area (Å²) in [5.74, 6) is 1.19. The maximum absolute atomic E-state index is 12.6. The fourth-order valence-electron chi connectivity index (χ4n) is 3.13. The largest absolute Gasteiger partial charge is 0.344 e. The summed E-state index contributed by atoms with van der Waals surface area (Å²) in [6.45, 7) is 8.62. The molecule has 0 saturated carbocycles. The second kappa shape index (κ2) is 7.09. The van der Waals surface area contributed by atoms with Gasteiger partial charge in [0.05, 0.1) is 6.04 Å². The van der Waals surface area contributed by atoms with Crippen LogP contribution in [0.4, 0.5) is 0 Å². The highest BCUT2D eigenvalue weighted by molar-refractivity contribution is 5.76. The van der Waals surface area contributed by atoms with Gasteiger partial charge in [0.15, 0.2) is 11.5 Å². The molecule has 132 valence electrons. The summed E-state index contributed by atoms with van der Waals surface area (Å²) in [4.78, 5) is 12.6. The van der Waals surface area contributed by atoms with Gasteiger partial charge in [0, 0.05) is 17.6 Å². The average molecular weight is 339 g/mol. The molecule has 3 rings (SSSR count). The average Bonchev–Trinajstić information content (AvgIpc) is 3.12. The van der Waals surface area contributed by atoms with Gasteiger partial charge in [-0.2, -0.15) is 0 Å². The molecule has 3 aromatic rings. The molecule has 0 aromatic carbocycles. The van der Waals surface area contributed by atoms with Crippen molar-refractivity contribution >= 4 is 11.6 Å². The fourth-order valence-corrected chi connectivity index (χ4v) is 3.13. The van der Waals surface area contributed by atoms with Crippen molar-refractivity contribution in [1.29, 1.82) is 0 Å². The van der Waals surface area contributed by atoms with Crippen LogP contribution in [0.2, 0.25) is 0 Å². The van der Waals surface area contributed by atoms with E-state index >= 15 is 0 Å². The van der Waals surface area contributed by atoms with E-state index in [1.807, 2.05) is 59.3 Å². The molecular formula is C19H25N5O. The van der Waals surface area contributed by atoms with Crippen molar-refractivity contribution in [3.05, 3.63) is 53.7 Å². The third-order valence-corrected chi connectivity index (χ3v) is 4.41. The Kier molecular flexibility index (Phi) is 4.88. The van der Waals surface area contributed by atoms with Crippen LogP contribution in [0.3, 0.4) is 0 Å². The van der Waals surface area contributed by atoms with Gasteiger partial charge in [-0.3, -0.25) is 9.20 Å². The molecule has 0 aliphatic carbocycles. The number of carbonyl (C=O) groups excluding carboxylic acids is 1. The molecule has 0 aliphatic rings. The molecular weight excluding hydrogens is 314 g/mol. The van der Waals surface area contributed by atoms with Gasteiger partial charge in [0.2, 0.25) is 5.91 Å². The Bertz CT molecular complexity index is 857. The standard InChI is InChI=1S/C19H25N5O/c1-13(2)11-16(19-22-21-17-7-5-6-10-23(17)19)20-18(25)12-24-14(3)8-9-15(24)4/h5-10,13,16H,11-12H2,1-4H3,(H,20,25)/t16-/m1/s1. The minimum absolute atomic E-state index is 0.0132. The highest BCUT2D eigenvalue weighted by Gasteiger charge is 2.22. The Labute approximate surface area is 147 Å². The van der Waals surface area contributed by atoms with Gasteiger partial charge in [-0.15, -0.1) is 10.2 Å². The Balaban J connectivity index is 1.83. The highest BCUT2D eigenvalue weighted by Crippen LogP contribution is 2.20. The summed E-state index contributed by atoms with van der Waals surface area (Å²) < 4.78 is 3.96. The zero-order chi connectivity index (χ0) is 18.0. The van der Waals surface area contributed by atoms with Crippen LogP contribution in [0.1, 0.15) is 43.5 Å². The second-order valence-electron chi connectivity index (χ2n) is 6.94. The highest BCUT2D eigenvalue weighted by atomic mass is 16.2. The molecule has 0 unspecified atom stereocenters. The molecule has 0 spiro atoms. The lowest BCUT2D eigenvalue weighted by Crippen LogP contribution is -2.33. The maximum atomic E-state index is 12.6. The van der Waals surface area contributed by atoms with E-state index in [4.69, 9.17) is 0 Å². The number of hydrogen-bond acceptors (Lipinski definition) is 3. The molecule has 6 nitrogen and oxygen atoms in total. The molecule has 1 N–H and O–H groups in total.